The second kappa shape index (κ2) is 19.5. The molecule has 0 atom stereocenters. The summed E-state index contributed by atoms with van der Waals surface area (Å²) in [7, 11) is 0. The van der Waals surface area contributed by atoms with Gasteiger partial charge in [-0.25, -0.2) is 0 Å². The van der Waals surface area contributed by atoms with Gasteiger partial charge in [-0.1, -0.05) is 112 Å². The van der Waals surface area contributed by atoms with Gasteiger partial charge in [0, 0.05) is 73.7 Å². The monoisotopic (exact) mass is 829 g/mol. The van der Waals surface area contributed by atoms with E-state index < -0.39 is 0 Å². The number of aromatic nitrogens is 2. The van der Waals surface area contributed by atoms with Crippen molar-refractivity contribution in [2.24, 2.45) is 5.92 Å². The average molecular weight is 832 g/mol. The summed E-state index contributed by atoms with van der Waals surface area (Å²) in [5.41, 5.74) is 8.00. The van der Waals surface area contributed by atoms with E-state index in [0.717, 1.165) is 74.1 Å². The summed E-state index contributed by atoms with van der Waals surface area (Å²) in [4.78, 5) is 11.9. The van der Waals surface area contributed by atoms with Crippen LogP contribution >= 0.6 is 43.5 Å². The van der Waals surface area contributed by atoms with Crippen molar-refractivity contribution in [2.75, 3.05) is 6.54 Å². The Labute approximate surface area is 325 Å². The van der Waals surface area contributed by atoms with Gasteiger partial charge < -0.3 is 14.5 Å². The Hall–Kier alpha value is -3.32. The fourth-order valence-electron chi connectivity index (χ4n) is 6.47. The first kappa shape index (κ1) is 38.9. The number of carbonyl (C=O) groups excluding carboxylic acids is 1. The highest BCUT2D eigenvalue weighted by Gasteiger charge is 2.29. The lowest BCUT2D eigenvalue weighted by atomic mass is 10.1. The molecule has 1 amide bonds. The molecule has 2 heterocycles. The fourth-order valence-corrected chi connectivity index (χ4v) is 7.43. The smallest absolute Gasteiger partial charge is 0.223 e. The molecule has 0 unspecified atom stereocenters. The van der Waals surface area contributed by atoms with Gasteiger partial charge in [-0.15, -0.1) is 0 Å². The molecular weight excluding hydrogens is 782 g/mol. The number of rotatable bonds is 12. The minimum Gasteiger partial charge on any atom is -0.356 e. The zero-order valence-corrected chi connectivity index (χ0v) is 34.0. The third-order valence-electron chi connectivity index (χ3n) is 9.21. The van der Waals surface area contributed by atoms with Crippen LogP contribution in [0.15, 0.2) is 112 Å². The molecule has 1 saturated carbocycles. The van der Waals surface area contributed by atoms with E-state index in [0.29, 0.717) is 0 Å². The van der Waals surface area contributed by atoms with Crippen molar-refractivity contribution in [1.82, 2.24) is 14.5 Å². The number of amides is 1. The van der Waals surface area contributed by atoms with Crippen LogP contribution in [0.2, 0.25) is 5.02 Å². The molecule has 4 aromatic carbocycles. The Morgan fingerprint density at radius 1 is 0.745 bits per heavy atom. The molecule has 2 aromatic heterocycles. The van der Waals surface area contributed by atoms with Crippen LogP contribution in [0.1, 0.15) is 68.2 Å². The zero-order chi connectivity index (χ0) is 36.2. The Balaban J connectivity index is 0.000000183. The predicted octanol–water partition coefficient (Wildman–Crippen LogP) is 12.5. The molecule has 0 radical (unpaired) electrons. The van der Waals surface area contributed by atoms with Crippen LogP contribution < -0.4 is 5.32 Å². The molecule has 6 aromatic rings. The number of halogens is 3. The third-order valence-corrected chi connectivity index (χ3v) is 10.7. The van der Waals surface area contributed by atoms with Gasteiger partial charge in [0.2, 0.25) is 5.91 Å². The number of aryl methyl sites for hydroxylation is 5. The number of nitrogens with one attached hydrogen (secondary N) is 1. The highest BCUT2D eigenvalue weighted by molar-refractivity contribution is 9.10. The molecule has 1 fully saturated rings. The number of hydrogen-bond acceptors (Lipinski definition) is 1. The number of fused-ring (bicyclic) bond motifs is 2. The maximum atomic E-state index is 11.9. The van der Waals surface area contributed by atoms with E-state index in [2.05, 4.69) is 134 Å². The number of hydrogen-bond donors (Lipinski definition) is 1. The maximum Gasteiger partial charge on any atom is 0.223 e. The SMILES string of the molecule is Brc1ccccc1.CCCc1cn(CCC)c2ccc(Cl)cc12.Cc1ccc2c(c1)c(CCNC(=O)C1CC1)cn2CCCc1ccccc1Br. The zero-order valence-electron chi connectivity index (χ0n) is 30.1. The van der Waals surface area contributed by atoms with Crippen molar-refractivity contribution in [1.29, 1.82) is 0 Å². The van der Waals surface area contributed by atoms with Crippen molar-refractivity contribution in [2.45, 2.75) is 85.2 Å². The van der Waals surface area contributed by atoms with Crippen LogP contribution in [0.3, 0.4) is 0 Å². The van der Waals surface area contributed by atoms with Gasteiger partial charge in [-0.2, -0.15) is 0 Å². The van der Waals surface area contributed by atoms with Gasteiger partial charge in [0.25, 0.3) is 0 Å². The number of benzene rings is 4. The highest BCUT2D eigenvalue weighted by atomic mass is 79.9. The van der Waals surface area contributed by atoms with Crippen LogP contribution in [0, 0.1) is 12.8 Å². The molecule has 51 heavy (non-hydrogen) atoms. The fraction of sp³-hybridized carbons (Fsp3) is 0.341. The van der Waals surface area contributed by atoms with E-state index in [9.17, 15) is 4.79 Å². The van der Waals surface area contributed by atoms with Crippen LogP contribution in [-0.2, 0) is 37.1 Å². The summed E-state index contributed by atoms with van der Waals surface area (Å²) in [6.07, 6.45) is 13.2. The molecule has 1 aliphatic carbocycles. The summed E-state index contributed by atoms with van der Waals surface area (Å²) in [5, 5.41) is 6.57. The summed E-state index contributed by atoms with van der Waals surface area (Å²) in [6, 6.07) is 31.3. The Bertz CT molecular complexity index is 2010. The summed E-state index contributed by atoms with van der Waals surface area (Å²) in [5.74, 6) is 0.509. The first-order chi connectivity index (χ1) is 24.8. The number of nitrogens with zero attached hydrogens (tertiary/aromatic N) is 2. The molecule has 0 spiro atoms. The summed E-state index contributed by atoms with van der Waals surface area (Å²) in [6.45, 7) is 9.37. The first-order valence-corrected chi connectivity index (χ1v) is 20.3. The highest BCUT2D eigenvalue weighted by Crippen LogP contribution is 2.29. The first-order valence-electron chi connectivity index (χ1n) is 18.3. The van der Waals surface area contributed by atoms with E-state index >= 15 is 0 Å². The van der Waals surface area contributed by atoms with Gasteiger partial charge in [-0.3, -0.25) is 4.79 Å². The van der Waals surface area contributed by atoms with Crippen LogP contribution in [0.4, 0.5) is 0 Å². The Morgan fingerprint density at radius 2 is 1.39 bits per heavy atom. The molecule has 4 nitrogen and oxygen atoms in total. The molecule has 1 aliphatic rings. The summed E-state index contributed by atoms with van der Waals surface area (Å²) >= 11 is 13.0. The molecule has 268 valence electrons. The predicted molar refractivity (Wildman–Crippen MR) is 224 cm³/mol. The second-order valence-corrected chi connectivity index (χ2v) is 15.6. The van der Waals surface area contributed by atoms with Crippen LogP contribution in [0.25, 0.3) is 21.8 Å². The average Bonchev–Trinajstić information content (AvgIpc) is 3.86. The normalized spacial score (nSPS) is 12.3. The topological polar surface area (TPSA) is 39.0 Å². The van der Waals surface area contributed by atoms with Gasteiger partial charge in [0.15, 0.2) is 0 Å². The van der Waals surface area contributed by atoms with Crippen molar-refractivity contribution >= 4 is 71.2 Å². The lowest BCUT2D eigenvalue weighted by Gasteiger charge is -2.07. The van der Waals surface area contributed by atoms with E-state index in [4.69, 9.17) is 11.6 Å². The molecular formula is C44H50Br2ClN3O. The number of carbonyl (C=O) groups is 1. The molecule has 0 saturated heterocycles. The molecule has 7 heteroatoms. The minimum absolute atomic E-state index is 0.230. The van der Waals surface area contributed by atoms with E-state index in [1.165, 1.54) is 55.0 Å². The quantitative estimate of drug-likeness (QED) is 0.131. The molecule has 0 aliphatic heterocycles. The van der Waals surface area contributed by atoms with Gasteiger partial charge in [-0.05, 0) is 117 Å². The van der Waals surface area contributed by atoms with Gasteiger partial charge in [0.05, 0.1) is 0 Å². The van der Waals surface area contributed by atoms with E-state index in [-0.39, 0.29) is 11.8 Å². The molecule has 7 rings (SSSR count). The summed E-state index contributed by atoms with van der Waals surface area (Å²) < 4.78 is 7.05. The van der Waals surface area contributed by atoms with E-state index in [1.807, 2.05) is 36.4 Å². The second-order valence-electron chi connectivity index (χ2n) is 13.4. The van der Waals surface area contributed by atoms with Crippen molar-refractivity contribution in [3.63, 3.8) is 0 Å². The van der Waals surface area contributed by atoms with Crippen LogP contribution in [-0.4, -0.2) is 21.6 Å². The van der Waals surface area contributed by atoms with Crippen LogP contribution in [0.5, 0.6) is 0 Å². The minimum atomic E-state index is 0.230. The Kier molecular flexibility index (Phi) is 14.9. The van der Waals surface area contributed by atoms with E-state index in [1.54, 1.807) is 0 Å². The van der Waals surface area contributed by atoms with Gasteiger partial charge in [0.1, 0.15) is 0 Å². The maximum absolute atomic E-state index is 11.9. The molecule has 1 N–H and O–H groups in total. The molecule has 0 bridgehead atoms. The Morgan fingerprint density at radius 3 is 2.04 bits per heavy atom. The van der Waals surface area contributed by atoms with Crippen molar-refractivity contribution in [3.05, 3.63) is 140 Å². The van der Waals surface area contributed by atoms with Crippen molar-refractivity contribution < 1.29 is 4.79 Å². The largest absolute Gasteiger partial charge is 0.356 e. The van der Waals surface area contributed by atoms with Crippen molar-refractivity contribution in [3.8, 4) is 0 Å². The lowest BCUT2D eigenvalue weighted by Crippen LogP contribution is -2.26. The van der Waals surface area contributed by atoms with Gasteiger partial charge >= 0.3 is 0 Å². The lowest BCUT2D eigenvalue weighted by molar-refractivity contribution is -0.122. The standard InChI is InChI=1S/C24H27BrN2O.C14H18ClN.C6H5Br/c1-17-8-11-23-21(15-17)20(12-13-26-24(28)19-9-10-19)16-27(23)14-4-6-18-5-2-3-7-22(18)25;1-3-5-11-10-16(8-4-2)14-7-6-12(15)9-13(11)14;7-6-4-2-1-3-5-6/h2-3,5,7-8,11,15-16,19H,4,6,9-10,12-14H2,1H3,(H,26,28);6-7,9-10H,3-5,8H2,1-2H3;1-5H. The third kappa shape index (κ3) is 11.3.